The number of aryl methyl sites for hydroxylation is 2. The van der Waals surface area contributed by atoms with Crippen molar-refractivity contribution in [1.29, 1.82) is 0 Å². The van der Waals surface area contributed by atoms with Crippen LogP contribution in [-0.4, -0.2) is 0 Å². The molecule has 2 aromatic carbocycles. The summed E-state index contributed by atoms with van der Waals surface area (Å²) in [5, 5.41) is 0. The van der Waals surface area contributed by atoms with E-state index in [4.69, 9.17) is 11.5 Å². The van der Waals surface area contributed by atoms with Crippen LogP contribution in [0.3, 0.4) is 0 Å². The van der Waals surface area contributed by atoms with Gasteiger partial charge in [-0.05, 0) is 59.4 Å². The molecule has 4 N–H and O–H groups in total. The van der Waals surface area contributed by atoms with Gasteiger partial charge in [-0.25, -0.2) is 0 Å². The maximum atomic E-state index is 6.04. The van der Waals surface area contributed by atoms with Crippen molar-refractivity contribution in [3.8, 4) is 0 Å². The molecule has 0 aliphatic rings. The van der Waals surface area contributed by atoms with Crippen LogP contribution in [0.5, 0.6) is 0 Å². The predicted molar refractivity (Wildman–Crippen MR) is 97.2 cm³/mol. The summed E-state index contributed by atoms with van der Waals surface area (Å²) >= 11 is 0. The second-order valence-electron chi connectivity index (χ2n) is 6.14. The van der Waals surface area contributed by atoms with E-state index in [9.17, 15) is 0 Å². The van der Waals surface area contributed by atoms with Gasteiger partial charge in [0.25, 0.3) is 0 Å². The van der Waals surface area contributed by atoms with Crippen molar-refractivity contribution in [3.05, 3.63) is 58.7 Å². The minimum Gasteiger partial charge on any atom is -0.399 e. The first-order valence-electron chi connectivity index (χ1n) is 8.33. The number of nitrogens with two attached hydrogens (primary N) is 2. The topological polar surface area (TPSA) is 52.0 Å². The Morgan fingerprint density at radius 1 is 0.773 bits per heavy atom. The molecule has 0 atom stereocenters. The van der Waals surface area contributed by atoms with Crippen LogP contribution >= 0.6 is 0 Å². The number of benzene rings is 2. The molecule has 0 amide bonds. The molecule has 2 nitrogen and oxygen atoms in total. The summed E-state index contributed by atoms with van der Waals surface area (Å²) in [6.45, 7) is 6.70. The fraction of sp³-hybridized carbons (Fsp3) is 0.400. The highest BCUT2D eigenvalue weighted by atomic mass is 14.5. The van der Waals surface area contributed by atoms with Crippen molar-refractivity contribution in [2.45, 2.75) is 52.4 Å². The fourth-order valence-electron chi connectivity index (χ4n) is 3.19. The molecule has 0 aliphatic carbocycles. The predicted octanol–water partition coefficient (Wildman–Crippen LogP) is 4.91. The molecule has 0 heterocycles. The third-order valence-electron chi connectivity index (χ3n) is 4.31. The molecule has 0 radical (unpaired) electrons. The van der Waals surface area contributed by atoms with Crippen molar-refractivity contribution in [1.82, 2.24) is 0 Å². The molecular weight excluding hydrogens is 268 g/mol. The third-order valence-corrected chi connectivity index (χ3v) is 4.31. The molecule has 0 spiro atoms. The van der Waals surface area contributed by atoms with Crippen molar-refractivity contribution in [2.75, 3.05) is 11.5 Å². The van der Waals surface area contributed by atoms with Crippen LogP contribution in [-0.2, 0) is 12.8 Å². The van der Waals surface area contributed by atoms with Crippen LogP contribution in [0, 0.1) is 0 Å². The average Bonchev–Trinajstić information content (AvgIpc) is 2.50. The molecule has 0 aromatic heterocycles. The first-order valence-corrected chi connectivity index (χ1v) is 8.33. The standard InChI is InChI=1S/C20H28N2/c1-4-6-15-8-10-17(21)12-19(15)14(3)20-13-18(22)11-9-16(20)7-5-2/h8-14H,4-7,21-22H2,1-3H3. The zero-order chi connectivity index (χ0) is 16.1. The Balaban J connectivity index is 2.49. The molecule has 0 unspecified atom stereocenters. The normalized spacial score (nSPS) is 11.1. The molecule has 22 heavy (non-hydrogen) atoms. The van der Waals surface area contributed by atoms with E-state index in [1.54, 1.807) is 0 Å². The molecule has 118 valence electrons. The van der Waals surface area contributed by atoms with Gasteiger partial charge in [-0.15, -0.1) is 0 Å². The Morgan fingerprint density at radius 2 is 1.18 bits per heavy atom. The SMILES string of the molecule is CCCc1ccc(N)cc1C(C)c1cc(N)ccc1CCC. The number of rotatable bonds is 6. The molecule has 0 saturated heterocycles. The van der Waals surface area contributed by atoms with E-state index in [1.165, 1.54) is 22.3 Å². The van der Waals surface area contributed by atoms with Gasteiger partial charge in [-0.2, -0.15) is 0 Å². The van der Waals surface area contributed by atoms with Crippen LogP contribution in [0.1, 0.15) is 61.8 Å². The van der Waals surface area contributed by atoms with Gasteiger partial charge in [-0.3, -0.25) is 0 Å². The second kappa shape index (κ2) is 7.35. The fourth-order valence-corrected chi connectivity index (χ4v) is 3.19. The van der Waals surface area contributed by atoms with E-state index < -0.39 is 0 Å². The summed E-state index contributed by atoms with van der Waals surface area (Å²) < 4.78 is 0. The average molecular weight is 296 g/mol. The minimum atomic E-state index is 0.315. The van der Waals surface area contributed by atoms with Gasteiger partial charge in [-0.1, -0.05) is 45.7 Å². The van der Waals surface area contributed by atoms with E-state index in [0.29, 0.717) is 5.92 Å². The summed E-state index contributed by atoms with van der Waals surface area (Å²) in [6, 6.07) is 12.6. The molecule has 2 heteroatoms. The lowest BCUT2D eigenvalue weighted by Gasteiger charge is -2.21. The third kappa shape index (κ3) is 3.62. The van der Waals surface area contributed by atoms with E-state index in [0.717, 1.165) is 37.1 Å². The number of hydrogen-bond acceptors (Lipinski definition) is 2. The number of nitrogen functional groups attached to an aromatic ring is 2. The van der Waals surface area contributed by atoms with Crippen molar-refractivity contribution >= 4 is 11.4 Å². The van der Waals surface area contributed by atoms with Gasteiger partial charge in [0.1, 0.15) is 0 Å². The second-order valence-corrected chi connectivity index (χ2v) is 6.14. The van der Waals surface area contributed by atoms with Crippen LogP contribution in [0.2, 0.25) is 0 Å². The Labute approximate surface area is 134 Å². The maximum Gasteiger partial charge on any atom is 0.0317 e. The largest absolute Gasteiger partial charge is 0.399 e. The van der Waals surface area contributed by atoms with Crippen LogP contribution < -0.4 is 11.5 Å². The van der Waals surface area contributed by atoms with E-state index in [-0.39, 0.29) is 0 Å². The summed E-state index contributed by atoms with van der Waals surface area (Å²) in [7, 11) is 0. The first kappa shape index (κ1) is 16.4. The van der Waals surface area contributed by atoms with Gasteiger partial charge in [0.15, 0.2) is 0 Å². The monoisotopic (exact) mass is 296 g/mol. The van der Waals surface area contributed by atoms with Gasteiger partial charge in [0.05, 0.1) is 0 Å². The highest BCUT2D eigenvalue weighted by molar-refractivity contribution is 5.53. The minimum absolute atomic E-state index is 0.315. The lowest BCUT2D eigenvalue weighted by Crippen LogP contribution is -2.06. The molecule has 2 rings (SSSR count). The van der Waals surface area contributed by atoms with Crippen molar-refractivity contribution < 1.29 is 0 Å². The quantitative estimate of drug-likeness (QED) is 0.744. The van der Waals surface area contributed by atoms with E-state index >= 15 is 0 Å². The Hall–Kier alpha value is -1.96. The summed E-state index contributed by atoms with van der Waals surface area (Å²) in [5.41, 5.74) is 19.2. The van der Waals surface area contributed by atoms with E-state index in [1.807, 2.05) is 12.1 Å². The molecule has 2 aromatic rings. The molecule has 0 bridgehead atoms. The molecule has 0 fully saturated rings. The van der Waals surface area contributed by atoms with Crippen molar-refractivity contribution in [3.63, 3.8) is 0 Å². The van der Waals surface area contributed by atoms with Gasteiger partial charge in [0, 0.05) is 17.3 Å². The zero-order valence-corrected chi connectivity index (χ0v) is 14.0. The zero-order valence-electron chi connectivity index (χ0n) is 14.0. The molecular formula is C20H28N2. The van der Waals surface area contributed by atoms with Gasteiger partial charge >= 0.3 is 0 Å². The Bertz CT molecular complexity index is 576. The summed E-state index contributed by atoms with van der Waals surface area (Å²) in [6.07, 6.45) is 4.46. The maximum absolute atomic E-state index is 6.04. The van der Waals surface area contributed by atoms with Gasteiger partial charge in [0.2, 0.25) is 0 Å². The Morgan fingerprint density at radius 3 is 1.55 bits per heavy atom. The number of hydrogen-bond donors (Lipinski definition) is 2. The van der Waals surface area contributed by atoms with Crippen LogP contribution in [0.25, 0.3) is 0 Å². The molecule has 0 aliphatic heterocycles. The lowest BCUT2D eigenvalue weighted by atomic mass is 9.84. The lowest BCUT2D eigenvalue weighted by molar-refractivity contribution is 0.826. The highest BCUT2D eigenvalue weighted by Gasteiger charge is 2.16. The summed E-state index contributed by atoms with van der Waals surface area (Å²) in [4.78, 5) is 0. The van der Waals surface area contributed by atoms with Crippen LogP contribution in [0.4, 0.5) is 11.4 Å². The smallest absolute Gasteiger partial charge is 0.0317 e. The summed E-state index contributed by atoms with van der Waals surface area (Å²) in [5.74, 6) is 0.315. The number of anilines is 2. The first-order chi connectivity index (χ1) is 10.6. The van der Waals surface area contributed by atoms with Crippen molar-refractivity contribution in [2.24, 2.45) is 0 Å². The van der Waals surface area contributed by atoms with Crippen LogP contribution in [0.15, 0.2) is 36.4 Å². The molecule has 0 saturated carbocycles. The van der Waals surface area contributed by atoms with Gasteiger partial charge < -0.3 is 11.5 Å². The Kier molecular flexibility index (Phi) is 5.48. The van der Waals surface area contributed by atoms with E-state index in [2.05, 4.69) is 45.0 Å². The highest BCUT2D eigenvalue weighted by Crippen LogP contribution is 2.33.